The Bertz CT molecular complexity index is 331. The molecular formula is C12H16FN. The molecule has 1 saturated carbocycles. The largest absolute Gasteiger partial charge is 0.324 e. The van der Waals surface area contributed by atoms with E-state index >= 15 is 0 Å². The van der Waals surface area contributed by atoms with Crippen molar-refractivity contribution >= 4 is 0 Å². The van der Waals surface area contributed by atoms with Crippen LogP contribution in [0.2, 0.25) is 0 Å². The summed E-state index contributed by atoms with van der Waals surface area (Å²) >= 11 is 0. The van der Waals surface area contributed by atoms with Gasteiger partial charge in [-0.3, -0.25) is 0 Å². The molecule has 1 fully saturated rings. The normalized spacial score (nSPS) is 18.2. The Kier molecular flexibility index (Phi) is 2.55. The highest BCUT2D eigenvalue weighted by molar-refractivity contribution is 5.32. The van der Waals surface area contributed by atoms with Crippen LogP contribution in [0.25, 0.3) is 0 Å². The van der Waals surface area contributed by atoms with Crippen LogP contribution in [0.1, 0.15) is 36.9 Å². The average Bonchev–Trinajstić information content (AvgIpc) is 2.99. The summed E-state index contributed by atoms with van der Waals surface area (Å²) in [4.78, 5) is 0. The Morgan fingerprint density at radius 1 is 1.50 bits per heavy atom. The van der Waals surface area contributed by atoms with Gasteiger partial charge in [-0.2, -0.15) is 0 Å². The van der Waals surface area contributed by atoms with Crippen molar-refractivity contribution in [1.29, 1.82) is 0 Å². The van der Waals surface area contributed by atoms with Crippen LogP contribution in [0, 0.1) is 11.7 Å². The van der Waals surface area contributed by atoms with Crippen LogP contribution in [-0.4, -0.2) is 0 Å². The molecule has 0 radical (unpaired) electrons. The van der Waals surface area contributed by atoms with E-state index in [0.717, 1.165) is 30.4 Å². The molecule has 1 aromatic carbocycles. The number of hydrogen-bond donors (Lipinski definition) is 1. The summed E-state index contributed by atoms with van der Waals surface area (Å²) in [6.07, 6.45) is 3.16. The van der Waals surface area contributed by atoms with Gasteiger partial charge < -0.3 is 5.73 Å². The number of halogens is 1. The van der Waals surface area contributed by atoms with Crippen LogP contribution in [0.5, 0.6) is 0 Å². The fraction of sp³-hybridized carbons (Fsp3) is 0.500. The van der Waals surface area contributed by atoms with Gasteiger partial charge in [0.2, 0.25) is 0 Å². The zero-order valence-corrected chi connectivity index (χ0v) is 8.46. The molecule has 0 bridgehead atoms. The van der Waals surface area contributed by atoms with Gasteiger partial charge in [-0.1, -0.05) is 19.1 Å². The number of hydrogen-bond acceptors (Lipinski definition) is 1. The summed E-state index contributed by atoms with van der Waals surface area (Å²) in [5.41, 5.74) is 7.84. The highest BCUT2D eigenvalue weighted by Crippen LogP contribution is 2.41. The quantitative estimate of drug-likeness (QED) is 0.784. The predicted octanol–water partition coefficient (Wildman–Crippen LogP) is 2.80. The van der Waals surface area contributed by atoms with Crippen LogP contribution < -0.4 is 5.73 Å². The number of aryl methyl sites for hydroxylation is 1. The second-order valence-electron chi connectivity index (χ2n) is 4.03. The zero-order chi connectivity index (χ0) is 10.1. The summed E-state index contributed by atoms with van der Waals surface area (Å²) in [5, 5.41) is 0. The third-order valence-corrected chi connectivity index (χ3v) is 2.99. The fourth-order valence-electron chi connectivity index (χ4n) is 1.95. The van der Waals surface area contributed by atoms with Crippen LogP contribution in [-0.2, 0) is 6.42 Å². The Hall–Kier alpha value is -0.890. The SMILES string of the molecule is CCc1cccc(F)c1[C@@H](N)C1CC1. The van der Waals surface area contributed by atoms with Crippen molar-refractivity contribution in [2.45, 2.75) is 32.2 Å². The first-order chi connectivity index (χ1) is 6.74. The van der Waals surface area contributed by atoms with E-state index in [0.29, 0.717) is 5.92 Å². The third-order valence-electron chi connectivity index (χ3n) is 2.99. The molecule has 0 heterocycles. The minimum atomic E-state index is -0.135. The number of rotatable bonds is 3. The summed E-state index contributed by atoms with van der Waals surface area (Å²) in [5.74, 6) is 0.376. The summed E-state index contributed by atoms with van der Waals surface area (Å²) in [6, 6.07) is 5.15. The maximum Gasteiger partial charge on any atom is 0.128 e. The van der Waals surface area contributed by atoms with Crippen molar-refractivity contribution in [3.8, 4) is 0 Å². The van der Waals surface area contributed by atoms with Gasteiger partial charge in [0, 0.05) is 11.6 Å². The van der Waals surface area contributed by atoms with Crippen LogP contribution >= 0.6 is 0 Å². The Balaban J connectivity index is 2.37. The second-order valence-corrected chi connectivity index (χ2v) is 4.03. The molecule has 0 aromatic heterocycles. The maximum absolute atomic E-state index is 13.6. The molecule has 0 saturated heterocycles. The molecule has 2 rings (SSSR count). The first-order valence-corrected chi connectivity index (χ1v) is 5.27. The monoisotopic (exact) mass is 193 g/mol. The van der Waals surface area contributed by atoms with Gasteiger partial charge in [0.15, 0.2) is 0 Å². The van der Waals surface area contributed by atoms with E-state index in [1.54, 1.807) is 6.07 Å². The van der Waals surface area contributed by atoms with Crippen molar-refractivity contribution in [2.75, 3.05) is 0 Å². The van der Waals surface area contributed by atoms with Gasteiger partial charge in [-0.25, -0.2) is 4.39 Å². The van der Waals surface area contributed by atoms with E-state index in [4.69, 9.17) is 5.73 Å². The molecule has 0 unspecified atom stereocenters. The lowest BCUT2D eigenvalue weighted by Crippen LogP contribution is -2.16. The molecule has 0 amide bonds. The van der Waals surface area contributed by atoms with E-state index in [2.05, 4.69) is 0 Å². The van der Waals surface area contributed by atoms with Gasteiger partial charge in [0.05, 0.1) is 0 Å². The first kappa shape index (κ1) is 9.66. The predicted molar refractivity (Wildman–Crippen MR) is 55.4 cm³/mol. The molecule has 1 nitrogen and oxygen atoms in total. The highest BCUT2D eigenvalue weighted by atomic mass is 19.1. The number of nitrogens with two attached hydrogens (primary N) is 1. The molecule has 2 heteroatoms. The average molecular weight is 193 g/mol. The Morgan fingerprint density at radius 2 is 2.21 bits per heavy atom. The lowest BCUT2D eigenvalue weighted by Gasteiger charge is -2.15. The lowest BCUT2D eigenvalue weighted by molar-refractivity contribution is 0.548. The van der Waals surface area contributed by atoms with E-state index in [9.17, 15) is 4.39 Å². The minimum absolute atomic E-state index is 0.0915. The topological polar surface area (TPSA) is 26.0 Å². The van der Waals surface area contributed by atoms with E-state index < -0.39 is 0 Å². The van der Waals surface area contributed by atoms with Gasteiger partial charge in [-0.15, -0.1) is 0 Å². The highest BCUT2D eigenvalue weighted by Gasteiger charge is 2.32. The molecule has 14 heavy (non-hydrogen) atoms. The van der Waals surface area contributed by atoms with Crippen LogP contribution in [0.4, 0.5) is 4.39 Å². The van der Waals surface area contributed by atoms with Crippen molar-refractivity contribution in [3.05, 3.63) is 35.1 Å². The lowest BCUT2D eigenvalue weighted by atomic mass is 9.95. The molecule has 1 aromatic rings. The van der Waals surface area contributed by atoms with E-state index in [1.807, 2.05) is 13.0 Å². The standard InChI is InChI=1S/C12H16FN/c1-2-8-4-3-5-10(13)11(8)12(14)9-6-7-9/h3-5,9,12H,2,6-7,14H2,1H3/t12-/m0/s1. The molecule has 0 aliphatic heterocycles. The van der Waals surface area contributed by atoms with Gasteiger partial charge in [-0.05, 0) is 36.8 Å². The van der Waals surface area contributed by atoms with Crippen LogP contribution in [0.15, 0.2) is 18.2 Å². The Labute approximate surface area is 84.1 Å². The van der Waals surface area contributed by atoms with Crippen molar-refractivity contribution < 1.29 is 4.39 Å². The Morgan fingerprint density at radius 3 is 2.79 bits per heavy atom. The van der Waals surface area contributed by atoms with Gasteiger partial charge >= 0.3 is 0 Å². The number of benzene rings is 1. The maximum atomic E-state index is 13.6. The minimum Gasteiger partial charge on any atom is -0.324 e. The van der Waals surface area contributed by atoms with Crippen LogP contribution in [0.3, 0.4) is 0 Å². The van der Waals surface area contributed by atoms with Crippen molar-refractivity contribution in [3.63, 3.8) is 0 Å². The fourth-order valence-corrected chi connectivity index (χ4v) is 1.95. The first-order valence-electron chi connectivity index (χ1n) is 5.27. The molecule has 76 valence electrons. The molecule has 2 N–H and O–H groups in total. The third kappa shape index (κ3) is 1.67. The van der Waals surface area contributed by atoms with E-state index in [-0.39, 0.29) is 11.9 Å². The smallest absolute Gasteiger partial charge is 0.128 e. The summed E-state index contributed by atoms with van der Waals surface area (Å²) < 4.78 is 13.6. The summed E-state index contributed by atoms with van der Waals surface area (Å²) in [6.45, 7) is 2.04. The van der Waals surface area contributed by atoms with Gasteiger partial charge in [0.25, 0.3) is 0 Å². The van der Waals surface area contributed by atoms with E-state index in [1.165, 1.54) is 6.07 Å². The molecule has 1 aliphatic carbocycles. The van der Waals surface area contributed by atoms with Crippen molar-refractivity contribution in [1.82, 2.24) is 0 Å². The second kappa shape index (κ2) is 3.70. The molecule has 0 spiro atoms. The van der Waals surface area contributed by atoms with Gasteiger partial charge in [0.1, 0.15) is 5.82 Å². The molecule has 1 atom stereocenters. The zero-order valence-electron chi connectivity index (χ0n) is 8.46. The molecule has 1 aliphatic rings. The molecular weight excluding hydrogens is 177 g/mol. The van der Waals surface area contributed by atoms with Crippen molar-refractivity contribution in [2.24, 2.45) is 11.7 Å². The summed E-state index contributed by atoms with van der Waals surface area (Å²) in [7, 11) is 0.